The summed E-state index contributed by atoms with van der Waals surface area (Å²) in [6, 6.07) is 10.2. The van der Waals surface area contributed by atoms with Crippen LogP contribution >= 0.6 is 0 Å². The van der Waals surface area contributed by atoms with E-state index >= 15 is 0 Å². The Morgan fingerprint density at radius 3 is 2.75 bits per heavy atom. The average molecular weight is 376 g/mol. The summed E-state index contributed by atoms with van der Waals surface area (Å²) in [5, 5.41) is 10.7. The third-order valence-corrected chi connectivity index (χ3v) is 4.25. The van der Waals surface area contributed by atoms with Crippen LogP contribution in [0, 0.1) is 0 Å². The van der Waals surface area contributed by atoms with Gasteiger partial charge in [-0.3, -0.25) is 9.78 Å². The van der Waals surface area contributed by atoms with Crippen LogP contribution in [0.15, 0.2) is 57.2 Å². The lowest BCUT2D eigenvalue weighted by atomic mass is 10.1. The zero-order chi connectivity index (χ0) is 19.7. The first-order valence-electron chi connectivity index (χ1n) is 8.61. The minimum Gasteiger partial charge on any atom is -0.494 e. The summed E-state index contributed by atoms with van der Waals surface area (Å²) in [6.45, 7) is 2.38. The van der Waals surface area contributed by atoms with Gasteiger partial charge in [0.25, 0.3) is 5.56 Å². The van der Waals surface area contributed by atoms with Crippen molar-refractivity contribution in [3.63, 3.8) is 0 Å². The number of ether oxygens (including phenoxy) is 1. The SMILES string of the molecule is CCOc1ccc(-n2c(O)c(/C=C3/C=Nc4ncccc43)c(=O)[nH]c2=O)cc1. The number of H-pyrrole nitrogens is 1. The molecule has 0 saturated carbocycles. The number of pyridine rings is 1. The normalized spacial score (nSPS) is 13.7. The van der Waals surface area contributed by atoms with Crippen LogP contribution in [0.3, 0.4) is 0 Å². The first-order chi connectivity index (χ1) is 13.6. The number of fused-ring (bicyclic) bond motifs is 1. The quantitative estimate of drug-likeness (QED) is 0.726. The lowest BCUT2D eigenvalue weighted by Crippen LogP contribution is -2.30. The van der Waals surface area contributed by atoms with Crippen LogP contribution in [-0.4, -0.2) is 32.5 Å². The molecule has 1 aliphatic rings. The molecule has 0 fully saturated rings. The van der Waals surface area contributed by atoms with Crippen LogP contribution < -0.4 is 16.0 Å². The van der Waals surface area contributed by atoms with Crippen molar-refractivity contribution >= 4 is 23.7 Å². The molecular formula is C20H16N4O4. The van der Waals surface area contributed by atoms with Crippen LogP contribution in [0.25, 0.3) is 17.3 Å². The standard InChI is InChI=1S/C20H16N4O4/c1-2-28-14-7-5-13(6-8-14)24-19(26)16(18(25)23-20(24)27)10-12-11-22-17-15(12)4-3-9-21-17/h3-11,26H,2H2,1H3,(H,23,25,27)/b12-10-. The molecule has 0 saturated heterocycles. The Labute approximate surface area is 159 Å². The van der Waals surface area contributed by atoms with E-state index in [-0.39, 0.29) is 5.56 Å². The van der Waals surface area contributed by atoms with Gasteiger partial charge in [-0.1, -0.05) is 0 Å². The zero-order valence-electron chi connectivity index (χ0n) is 14.9. The van der Waals surface area contributed by atoms with Crippen molar-refractivity contribution in [2.45, 2.75) is 6.92 Å². The summed E-state index contributed by atoms with van der Waals surface area (Å²) in [4.78, 5) is 35.2. The summed E-state index contributed by atoms with van der Waals surface area (Å²) >= 11 is 0. The molecule has 1 aliphatic heterocycles. The molecule has 0 atom stereocenters. The lowest BCUT2D eigenvalue weighted by molar-refractivity contribution is 0.340. The Morgan fingerprint density at radius 1 is 1.21 bits per heavy atom. The highest BCUT2D eigenvalue weighted by Gasteiger charge is 2.18. The molecule has 8 nitrogen and oxygen atoms in total. The molecule has 28 heavy (non-hydrogen) atoms. The fourth-order valence-corrected chi connectivity index (χ4v) is 2.96. The van der Waals surface area contributed by atoms with E-state index in [9.17, 15) is 14.7 Å². The molecule has 2 aromatic heterocycles. The third kappa shape index (κ3) is 3.01. The van der Waals surface area contributed by atoms with Gasteiger partial charge < -0.3 is 9.84 Å². The molecule has 3 heterocycles. The minimum atomic E-state index is -0.740. The number of nitrogens with zero attached hydrogens (tertiary/aromatic N) is 3. The van der Waals surface area contributed by atoms with Gasteiger partial charge in [-0.05, 0) is 49.4 Å². The number of hydrogen-bond acceptors (Lipinski definition) is 6. The number of aromatic amines is 1. The Bertz CT molecular complexity index is 1220. The number of aromatic nitrogens is 3. The van der Waals surface area contributed by atoms with Crippen LogP contribution in [-0.2, 0) is 0 Å². The number of benzene rings is 1. The third-order valence-electron chi connectivity index (χ3n) is 4.25. The second-order valence-electron chi connectivity index (χ2n) is 5.99. The average Bonchev–Trinajstić information content (AvgIpc) is 3.09. The molecule has 0 radical (unpaired) electrons. The largest absolute Gasteiger partial charge is 0.494 e. The van der Waals surface area contributed by atoms with E-state index < -0.39 is 17.1 Å². The van der Waals surface area contributed by atoms with Gasteiger partial charge in [0.2, 0.25) is 5.88 Å². The van der Waals surface area contributed by atoms with Crippen molar-refractivity contribution < 1.29 is 9.84 Å². The highest BCUT2D eigenvalue weighted by Crippen LogP contribution is 2.31. The summed E-state index contributed by atoms with van der Waals surface area (Å²) in [6.07, 6.45) is 4.66. The first-order valence-corrected chi connectivity index (χ1v) is 8.61. The highest BCUT2D eigenvalue weighted by molar-refractivity contribution is 6.21. The Hall–Kier alpha value is -3.94. The smallest absolute Gasteiger partial charge is 0.335 e. The number of aromatic hydroxyl groups is 1. The van der Waals surface area contributed by atoms with E-state index in [1.807, 2.05) is 13.0 Å². The summed E-state index contributed by atoms with van der Waals surface area (Å²) in [7, 11) is 0. The van der Waals surface area contributed by atoms with Crippen molar-refractivity contribution in [2.75, 3.05) is 6.61 Å². The number of rotatable bonds is 4. The maximum Gasteiger partial charge on any atom is 0.335 e. The summed E-state index contributed by atoms with van der Waals surface area (Å²) in [5.74, 6) is 0.706. The number of aliphatic imine (C=N–C) groups is 1. The molecule has 4 rings (SSSR count). The van der Waals surface area contributed by atoms with Crippen LogP contribution in [0.4, 0.5) is 5.82 Å². The van der Waals surface area contributed by atoms with E-state index in [1.165, 1.54) is 6.08 Å². The van der Waals surface area contributed by atoms with Crippen LogP contribution in [0.1, 0.15) is 18.1 Å². The fourth-order valence-electron chi connectivity index (χ4n) is 2.96. The molecule has 3 aromatic rings. The number of hydrogen-bond donors (Lipinski definition) is 2. The predicted octanol–water partition coefficient (Wildman–Crippen LogP) is 2.28. The van der Waals surface area contributed by atoms with Gasteiger partial charge in [-0.15, -0.1) is 0 Å². The molecule has 1 aromatic carbocycles. The van der Waals surface area contributed by atoms with Gasteiger partial charge >= 0.3 is 5.69 Å². The van der Waals surface area contributed by atoms with E-state index in [0.717, 1.165) is 10.1 Å². The van der Waals surface area contributed by atoms with E-state index in [2.05, 4.69) is 15.0 Å². The van der Waals surface area contributed by atoms with Crippen molar-refractivity contribution in [2.24, 2.45) is 4.99 Å². The molecular weight excluding hydrogens is 360 g/mol. The molecule has 140 valence electrons. The predicted molar refractivity (Wildman–Crippen MR) is 106 cm³/mol. The van der Waals surface area contributed by atoms with Gasteiger partial charge in [-0.25, -0.2) is 19.3 Å². The van der Waals surface area contributed by atoms with Gasteiger partial charge in [0.05, 0.1) is 12.3 Å². The molecule has 2 N–H and O–H groups in total. The number of nitrogens with one attached hydrogen (secondary N) is 1. The zero-order valence-corrected chi connectivity index (χ0v) is 14.9. The highest BCUT2D eigenvalue weighted by atomic mass is 16.5. The minimum absolute atomic E-state index is 0.0494. The Balaban J connectivity index is 1.84. The summed E-state index contributed by atoms with van der Waals surface area (Å²) < 4.78 is 6.41. The summed E-state index contributed by atoms with van der Waals surface area (Å²) in [5.41, 5.74) is 0.260. The Kier molecular flexibility index (Phi) is 4.36. The van der Waals surface area contributed by atoms with E-state index in [4.69, 9.17) is 4.74 Å². The second kappa shape index (κ2) is 6.99. The van der Waals surface area contributed by atoms with Gasteiger partial charge in [-0.2, -0.15) is 0 Å². The van der Waals surface area contributed by atoms with Gasteiger partial charge in [0.1, 0.15) is 11.3 Å². The first kappa shape index (κ1) is 17.5. The van der Waals surface area contributed by atoms with Gasteiger partial charge in [0, 0.05) is 23.5 Å². The van der Waals surface area contributed by atoms with Crippen LogP contribution in [0.2, 0.25) is 0 Å². The van der Waals surface area contributed by atoms with Crippen molar-refractivity contribution in [3.05, 3.63) is 74.6 Å². The van der Waals surface area contributed by atoms with Crippen molar-refractivity contribution in [1.82, 2.24) is 14.5 Å². The maximum atomic E-state index is 12.3. The lowest BCUT2D eigenvalue weighted by Gasteiger charge is -2.11. The molecule has 8 heteroatoms. The number of allylic oxidation sites excluding steroid dienone is 1. The topological polar surface area (TPSA) is 110 Å². The molecule has 0 amide bonds. The monoisotopic (exact) mass is 376 g/mol. The maximum absolute atomic E-state index is 12.3. The van der Waals surface area contributed by atoms with E-state index in [0.29, 0.717) is 29.4 Å². The van der Waals surface area contributed by atoms with E-state index in [1.54, 1.807) is 42.7 Å². The van der Waals surface area contributed by atoms with Crippen LogP contribution in [0.5, 0.6) is 11.6 Å². The fraction of sp³-hybridized carbons (Fsp3) is 0.100. The van der Waals surface area contributed by atoms with Crippen molar-refractivity contribution in [1.29, 1.82) is 0 Å². The van der Waals surface area contributed by atoms with Crippen molar-refractivity contribution in [3.8, 4) is 17.3 Å². The molecule has 0 aliphatic carbocycles. The Morgan fingerprint density at radius 2 is 2.00 bits per heavy atom. The molecule has 0 spiro atoms. The van der Waals surface area contributed by atoms with Gasteiger partial charge in [0.15, 0.2) is 5.82 Å². The second-order valence-corrected chi connectivity index (χ2v) is 5.99. The molecule has 0 bridgehead atoms. The molecule has 0 unspecified atom stereocenters.